The van der Waals surface area contributed by atoms with Crippen molar-refractivity contribution in [1.82, 2.24) is 9.80 Å². The molecule has 1 unspecified atom stereocenters. The number of benzene rings is 1. The van der Waals surface area contributed by atoms with E-state index in [1.807, 2.05) is 0 Å². The Balaban J connectivity index is 1.68. The molecule has 0 amide bonds. The van der Waals surface area contributed by atoms with E-state index in [0.717, 1.165) is 31.6 Å². The second kappa shape index (κ2) is 6.12. The van der Waals surface area contributed by atoms with Crippen molar-refractivity contribution in [2.75, 3.05) is 26.2 Å². The summed E-state index contributed by atoms with van der Waals surface area (Å²) in [5.41, 5.74) is 0.598. The molecule has 0 aromatic heterocycles. The Morgan fingerprint density at radius 1 is 1.29 bits per heavy atom. The van der Waals surface area contributed by atoms with Crippen LogP contribution in [0.25, 0.3) is 0 Å². The number of hydrogen-bond acceptors (Lipinski definition) is 3. The van der Waals surface area contributed by atoms with Gasteiger partial charge in [0.25, 0.3) is 0 Å². The summed E-state index contributed by atoms with van der Waals surface area (Å²) in [6.07, 6.45) is 3.68. The van der Waals surface area contributed by atoms with E-state index >= 15 is 0 Å². The molecule has 4 nitrogen and oxygen atoms in total. The van der Waals surface area contributed by atoms with Gasteiger partial charge in [0, 0.05) is 19.1 Å². The average Bonchev–Trinajstić information content (AvgIpc) is 2.77. The Bertz CT molecular complexity index is 535. The molecule has 1 aromatic carbocycles. The highest BCUT2D eigenvalue weighted by Gasteiger charge is 2.28. The smallest absolute Gasteiger partial charge is 0.338 e. The molecule has 2 saturated heterocycles. The van der Waals surface area contributed by atoms with Crippen LogP contribution >= 0.6 is 0 Å². The predicted octanol–water partition coefficient (Wildman–Crippen LogP) is 2.19. The number of rotatable bonds is 3. The number of nitrogens with zero attached hydrogens (tertiary/aromatic N) is 2. The summed E-state index contributed by atoms with van der Waals surface area (Å²) >= 11 is 0. The van der Waals surface area contributed by atoms with Gasteiger partial charge in [0.05, 0.1) is 5.56 Å². The van der Waals surface area contributed by atoms with Crippen LogP contribution in [0.15, 0.2) is 18.2 Å². The Morgan fingerprint density at radius 3 is 2.86 bits per heavy atom. The van der Waals surface area contributed by atoms with Crippen molar-refractivity contribution in [3.8, 4) is 0 Å². The molecule has 0 radical (unpaired) electrons. The molecular weight excluding hydrogens is 271 g/mol. The average molecular weight is 292 g/mol. The third-order valence-corrected chi connectivity index (χ3v) is 4.56. The van der Waals surface area contributed by atoms with Crippen molar-refractivity contribution in [3.05, 3.63) is 35.1 Å². The Kier molecular flexibility index (Phi) is 4.22. The van der Waals surface area contributed by atoms with Gasteiger partial charge in [-0.1, -0.05) is 6.07 Å². The zero-order chi connectivity index (χ0) is 14.8. The highest BCUT2D eigenvalue weighted by Crippen LogP contribution is 2.22. The van der Waals surface area contributed by atoms with Gasteiger partial charge in [-0.25, -0.2) is 9.18 Å². The standard InChI is InChI=1S/C16H21FN2O2/c17-15-9-12(4-5-14(15)16(20)21)10-18-6-2-8-19-7-1-3-13(19)11-18/h4-5,9,13H,1-3,6-8,10-11H2,(H,20,21). The molecule has 1 atom stereocenters. The first kappa shape index (κ1) is 14.5. The van der Waals surface area contributed by atoms with Gasteiger partial charge in [0.1, 0.15) is 5.82 Å². The van der Waals surface area contributed by atoms with E-state index in [4.69, 9.17) is 5.11 Å². The monoisotopic (exact) mass is 292 g/mol. The van der Waals surface area contributed by atoms with Gasteiger partial charge >= 0.3 is 5.97 Å². The van der Waals surface area contributed by atoms with Gasteiger partial charge in [-0.3, -0.25) is 9.80 Å². The predicted molar refractivity (Wildman–Crippen MR) is 77.8 cm³/mol. The second-order valence-corrected chi connectivity index (χ2v) is 6.04. The van der Waals surface area contributed by atoms with Crippen molar-refractivity contribution in [3.63, 3.8) is 0 Å². The molecule has 1 N–H and O–H groups in total. The van der Waals surface area contributed by atoms with Gasteiger partial charge in [0.2, 0.25) is 0 Å². The number of hydrogen-bond donors (Lipinski definition) is 1. The maximum atomic E-state index is 13.7. The molecule has 2 fully saturated rings. The summed E-state index contributed by atoms with van der Waals surface area (Å²) in [7, 11) is 0. The Morgan fingerprint density at radius 2 is 2.10 bits per heavy atom. The first-order valence-corrected chi connectivity index (χ1v) is 7.61. The van der Waals surface area contributed by atoms with Crippen LogP contribution < -0.4 is 0 Å². The molecule has 5 heteroatoms. The molecule has 3 rings (SSSR count). The first-order chi connectivity index (χ1) is 10.1. The van der Waals surface area contributed by atoms with E-state index in [1.165, 1.54) is 31.5 Å². The summed E-state index contributed by atoms with van der Waals surface area (Å²) in [6.45, 7) is 5.12. The van der Waals surface area contributed by atoms with E-state index in [-0.39, 0.29) is 5.56 Å². The Labute approximate surface area is 124 Å². The van der Waals surface area contributed by atoms with Crippen molar-refractivity contribution >= 4 is 5.97 Å². The van der Waals surface area contributed by atoms with E-state index < -0.39 is 11.8 Å². The molecule has 0 aliphatic carbocycles. The van der Waals surface area contributed by atoms with Crippen LogP contribution in [0, 0.1) is 5.82 Å². The number of carbonyl (C=O) groups is 1. The van der Waals surface area contributed by atoms with Crippen LogP contribution in [0.2, 0.25) is 0 Å². The molecule has 0 spiro atoms. The summed E-state index contributed by atoms with van der Waals surface area (Å²) in [6, 6.07) is 5.09. The number of fused-ring (bicyclic) bond motifs is 1. The lowest BCUT2D eigenvalue weighted by atomic mass is 10.1. The number of aromatic carboxylic acids is 1. The summed E-state index contributed by atoms with van der Waals surface area (Å²) in [5.74, 6) is -1.85. The minimum Gasteiger partial charge on any atom is -0.478 e. The van der Waals surface area contributed by atoms with Crippen molar-refractivity contribution in [2.45, 2.75) is 31.8 Å². The topological polar surface area (TPSA) is 43.8 Å². The molecule has 0 bridgehead atoms. The van der Waals surface area contributed by atoms with Gasteiger partial charge in [0.15, 0.2) is 0 Å². The molecule has 2 heterocycles. The van der Waals surface area contributed by atoms with Gasteiger partial charge in [-0.05, 0) is 56.6 Å². The molecule has 114 valence electrons. The minimum absolute atomic E-state index is 0.253. The number of carboxylic acids is 1. The fourth-order valence-electron chi connectivity index (χ4n) is 3.52. The Hall–Kier alpha value is -1.46. The highest BCUT2D eigenvalue weighted by molar-refractivity contribution is 5.87. The van der Waals surface area contributed by atoms with Crippen LogP contribution in [0.1, 0.15) is 35.2 Å². The van der Waals surface area contributed by atoms with E-state index in [9.17, 15) is 9.18 Å². The fraction of sp³-hybridized carbons (Fsp3) is 0.562. The maximum absolute atomic E-state index is 13.7. The van der Waals surface area contributed by atoms with Crippen LogP contribution in [0.5, 0.6) is 0 Å². The lowest BCUT2D eigenvalue weighted by Crippen LogP contribution is -2.36. The van der Waals surface area contributed by atoms with Crippen molar-refractivity contribution in [2.24, 2.45) is 0 Å². The third-order valence-electron chi connectivity index (χ3n) is 4.56. The lowest BCUT2D eigenvalue weighted by Gasteiger charge is -2.25. The summed E-state index contributed by atoms with van der Waals surface area (Å²) < 4.78 is 13.7. The van der Waals surface area contributed by atoms with Crippen LogP contribution in [0.4, 0.5) is 4.39 Å². The summed E-state index contributed by atoms with van der Waals surface area (Å²) in [5, 5.41) is 8.86. The molecule has 1 aromatic rings. The van der Waals surface area contributed by atoms with Crippen LogP contribution in [-0.4, -0.2) is 53.1 Å². The zero-order valence-corrected chi connectivity index (χ0v) is 12.1. The van der Waals surface area contributed by atoms with Crippen LogP contribution in [-0.2, 0) is 6.54 Å². The van der Waals surface area contributed by atoms with Gasteiger partial charge < -0.3 is 5.11 Å². The zero-order valence-electron chi connectivity index (χ0n) is 12.1. The van der Waals surface area contributed by atoms with Crippen molar-refractivity contribution in [1.29, 1.82) is 0 Å². The molecule has 2 aliphatic rings. The molecule has 21 heavy (non-hydrogen) atoms. The van der Waals surface area contributed by atoms with Gasteiger partial charge in [-0.2, -0.15) is 0 Å². The van der Waals surface area contributed by atoms with E-state index in [2.05, 4.69) is 9.80 Å². The first-order valence-electron chi connectivity index (χ1n) is 7.61. The van der Waals surface area contributed by atoms with Crippen LogP contribution in [0.3, 0.4) is 0 Å². The molecule has 2 aliphatic heterocycles. The maximum Gasteiger partial charge on any atom is 0.338 e. The molecular formula is C16H21FN2O2. The highest BCUT2D eigenvalue weighted by atomic mass is 19.1. The molecule has 0 saturated carbocycles. The SMILES string of the molecule is O=C(O)c1ccc(CN2CCCN3CCCC3C2)cc1F. The quantitative estimate of drug-likeness (QED) is 0.927. The van der Waals surface area contributed by atoms with E-state index in [0.29, 0.717) is 12.6 Å². The number of halogens is 1. The van der Waals surface area contributed by atoms with Gasteiger partial charge in [-0.15, -0.1) is 0 Å². The van der Waals surface area contributed by atoms with Crippen molar-refractivity contribution < 1.29 is 14.3 Å². The largest absolute Gasteiger partial charge is 0.478 e. The number of carboxylic acid groups (broad SMARTS) is 1. The third kappa shape index (κ3) is 3.24. The minimum atomic E-state index is -1.21. The fourth-order valence-corrected chi connectivity index (χ4v) is 3.52. The second-order valence-electron chi connectivity index (χ2n) is 6.04. The summed E-state index contributed by atoms with van der Waals surface area (Å²) in [4.78, 5) is 15.8. The van der Waals surface area contributed by atoms with E-state index in [1.54, 1.807) is 6.07 Å². The lowest BCUT2D eigenvalue weighted by molar-refractivity contribution is 0.0692. The normalized spacial score (nSPS) is 23.8.